The zero-order valence-corrected chi connectivity index (χ0v) is 11.2. The maximum Gasteiger partial charge on any atom is 0.209 e. The van der Waals surface area contributed by atoms with E-state index in [0.717, 1.165) is 22.3 Å². The van der Waals surface area contributed by atoms with Gasteiger partial charge in [-0.2, -0.15) is 0 Å². The third-order valence-electron chi connectivity index (χ3n) is 3.48. The first-order valence-corrected chi connectivity index (χ1v) is 5.97. The minimum absolute atomic E-state index is 0.00444. The van der Waals surface area contributed by atoms with E-state index >= 15 is 0 Å². The number of hydrogen-bond donors (Lipinski definition) is 2. The molecule has 1 heterocycles. The zero-order valence-electron chi connectivity index (χ0n) is 11.2. The van der Waals surface area contributed by atoms with Gasteiger partial charge in [-0.05, 0) is 56.0 Å². The molecular weight excluding hydrogens is 224 g/mol. The zero-order chi connectivity index (χ0) is 13.4. The van der Waals surface area contributed by atoms with Gasteiger partial charge in [-0.1, -0.05) is 6.07 Å². The molecule has 0 unspecified atom stereocenters. The third-order valence-corrected chi connectivity index (χ3v) is 3.48. The lowest BCUT2D eigenvalue weighted by atomic mass is 9.97. The Bertz CT molecular complexity index is 624. The molecule has 0 saturated carbocycles. The standard InChI is InChI=1S/C15H18N2O/c1-8-5-9(2)13(16)6-12(8)15(18)14-11(4)10(3)7-17-14/h5-7,17H,16H2,1-4H3. The largest absolute Gasteiger partial charge is 0.398 e. The SMILES string of the molecule is Cc1cc(C)c(C(=O)c2[nH]cc(C)c2C)cc1N. The fourth-order valence-electron chi connectivity index (χ4n) is 2.08. The first-order chi connectivity index (χ1) is 8.41. The molecule has 18 heavy (non-hydrogen) atoms. The average Bonchev–Trinajstić information content (AvgIpc) is 2.64. The van der Waals surface area contributed by atoms with Gasteiger partial charge in [0.2, 0.25) is 5.78 Å². The molecule has 0 fully saturated rings. The van der Waals surface area contributed by atoms with E-state index in [1.54, 1.807) is 6.07 Å². The van der Waals surface area contributed by atoms with Crippen LogP contribution in [0.3, 0.4) is 0 Å². The van der Waals surface area contributed by atoms with Gasteiger partial charge in [0.1, 0.15) is 0 Å². The van der Waals surface area contributed by atoms with E-state index in [0.29, 0.717) is 16.9 Å². The number of ketones is 1. The van der Waals surface area contributed by atoms with Gasteiger partial charge in [0.15, 0.2) is 0 Å². The molecule has 0 aliphatic rings. The lowest BCUT2D eigenvalue weighted by Gasteiger charge is -2.08. The molecule has 94 valence electrons. The summed E-state index contributed by atoms with van der Waals surface area (Å²) in [6, 6.07) is 3.72. The first kappa shape index (κ1) is 12.4. The summed E-state index contributed by atoms with van der Waals surface area (Å²) < 4.78 is 0. The number of benzene rings is 1. The number of aromatic amines is 1. The molecule has 2 aromatic rings. The number of nitrogen functional groups attached to an aromatic ring is 1. The monoisotopic (exact) mass is 242 g/mol. The lowest BCUT2D eigenvalue weighted by Crippen LogP contribution is -2.07. The molecule has 3 heteroatoms. The van der Waals surface area contributed by atoms with E-state index < -0.39 is 0 Å². The molecule has 3 N–H and O–H groups in total. The molecule has 0 bridgehead atoms. The Morgan fingerprint density at radius 3 is 2.28 bits per heavy atom. The molecule has 0 radical (unpaired) electrons. The molecule has 0 amide bonds. The Labute approximate surface area is 107 Å². The van der Waals surface area contributed by atoms with Gasteiger partial charge in [-0.3, -0.25) is 4.79 Å². The van der Waals surface area contributed by atoms with Gasteiger partial charge in [0.25, 0.3) is 0 Å². The van der Waals surface area contributed by atoms with Crippen LogP contribution >= 0.6 is 0 Å². The Morgan fingerprint density at radius 1 is 1.06 bits per heavy atom. The molecule has 0 spiro atoms. The second-order valence-corrected chi connectivity index (χ2v) is 4.82. The normalized spacial score (nSPS) is 10.7. The topological polar surface area (TPSA) is 58.9 Å². The summed E-state index contributed by atoms with van der Waals surface area (Å²) in [4.78, 5) is 15.5. The number of nitrogens with two attached hydrogens (primary N) is 1. The number of nitrogens with one attached hydrogen (secondary N) is 1. The number of carbonyl (C=O) groups is 1. The molecule has 1 aromatic carbocycles. The molecule has 0 saturated heterocycles. The van der Waals surface area contributed by atoms with Crippen LogP contribution < -0.4 is 5.73 Å². The average molecular weight is 242 g/mol. The van der Waals surface area contributed by atoms with E-state index in [2.05, 4.69) is 4.98 Å². The predicted molar refractivity (Wildman–Crippen MR) is 74.0 cm³/mol. The van der Waals surface area contributed by atoms with Crippen molar-refractivity contribution in [1.29, 1.82) is 0 Å². The van der Waals surface area contributed by atoms with Crippen LogP contribution in [0.1, 0.15) is 38.3 Å². The highest BCUT2D eigenvalue weighted by atomic mass is 16.1. The van der Waals surface area contributed by atoms with Crippen LogP contribution in [-0.2, 0) is 0 Å². The number of rotatable bonds is 2. The van der Waals surface area contributed by atoms with Crippen molar-refractivity contribution in [2.45, 2.75) is 27.7 Å². The fourth-order valence-corrected chi connectivity index (χ4v) is 2.08. The highest BCUT2D eigenvalue weighted by molar-refractivity contribution is 6.10. The minimum Gasteiger partial charge on any atom is -0.398 e. The Hall–Kier alpha value is -2.03. The van der Waals surface area contributed by atoms with Crippen molar-refractivity contribution in [3.63, 3.8) is 0 Å². The van der Waals surface area contributed by atoms with Gasteiger partial charge in [0.05, 0.1) is 5.69 Å². The second kappa shape index (κ2) is 4.33. The maximum absolute atomic E-state index is 12.5. The summed E-state index contributed by atoms with van der Waals surface area (Å²) in [5.74, 6) is 0.00444. The number of aromatic nitrogens is 1. The number of carbonyl (C=O) groups excluding carboxylic acids is 1. The van der Waals surface area contributed by atoms with Crippen LogP contribution in [0.25, 0.3) is 0 Å². The molecule has 0 atom stereocenters. The quantitative estimate of drug-likeness (QED) is 0.628. The van der Waals surface area contributed by atoms with Crippen LogP contribution in [0.5, 0.6) is 0 Å². The van der Waals surface area contributed by atoms with Crippen molar-refractivity contribution in [2.24, 2.45) is 0 Å². The number of hydrogen-bond acceptors (Lipinski definition) is 2. The molecule has 0 aliphatic carbocycles. The molecule has 1 aromatic heterocycles. The predicted octanol–water partition coefficient (Wildman–Crippen LogP) is 3.06. The number of aryl methyl sites for hydroxylation is 3. The van der Waals surface area contributed by atoms with Crippen LogP contribution in [-0.4, -0.2) is 10.8 Å². The molecular formula is C15H18N2O. The highest BCUT2D eigenvalue weighted by Gasteiger charge is 2.17. The van der Waals surface area contributed by atoms with Crippen LogP contribution in [0.2, 0.25) is 0 Å². The van der Waals surface area contributed by atoms with Crippen molar-refractivity contribution in [2.75, 3.05) is 5.73 Å². The van der Waals surface area contributed by atoms with Crippen molar-refractivity contribution in [3.05, 3.63) is 51.8 Å². The van der Waals surface area contributed by atoms with Crippen LogP contribution in [0, 0.1) is 27.7 Å². The van der Waals surface area contributed by atoms with E-state index in [9.17, 15) is 4.79 Å². The minimum atomic E-state index is 0.00444. The summed E-state index contributed by atoms with van der Waals surface area (Å²) in [5, 5.41) is 0. The van der Waals surface area contributed by atoms with Crippen molar-refractivity contribution in [3.8, 4) is 0 Å². The summed E-state index contributed by atoms with van der Waals surface area (Å²) in [6.07, 6.45) is 1.86. The molecule has 3 nitrogen and oxygen atoms in total. The second-order valence-electron chi connectivity index (χ2n) is 4.82. The fraction of sp³-hybridized carbons (Fsp3) is 0.267. The van der Waals surface area contributed by atoms with E-state index in [1.807, 2.05) is 40.0 Å². The van der Waals surface area contributed by atoms with Gasteiger partial charge in [-0.25, -0.2) is 0 Å². The summed E-state index contributed by atoms with van der Waals surface area (Å²) in [5.41, 5.74) is 11.9. The van der Waals surface area contributed by atoms with Crippen molar-refractivity contribution < 1.29 is 4.79 Å². The van der Waals surface area contributed by atoms with Crippen LogP contribution in [0.15, 0.2) is 18.3 Å². The highest BCUT2D eigenvalue weighted by Crippen LogP contribution is 2.22. The Morgan fingerprint density at radius 2 is 1.72 bits per heavy atom. The summed E-state index contributed by atoms with van der Waals surface area (Å²) in [7, 11) is 0. The summed E-state index contributed by atoms with van der Waals surface area (Å²) in [6.45, 7) is 7.82. The summed E-state index contributed by atoms with van der Waals surface area (Å²) >= 11 is 0. The number of anilines is 1. The maximum atomic E-state index is 12.5. The van der Waals surface area contributed by atoms with Gasteiger partial charge in [0, 0.05) is 17.4 Å². The van der Waals surface area contributed by atoms with Crippen molar-refractivity contribution >= 4 is 11.5 Å². The first-order valence-electron chi connectivity index (χ1n) is 5.97. The Balaban J connectivity index is 2.53. The smallest absolute Gasteiger partial charge is 0.209 e. The van der Waals surface area contributed by atoms with Gasteiger partial charge in [-0.15, -0.1) is 0 Å². The van der Waals surface area contributed by atoms with E-state index in [4.69, 9.17) is 5.73 Å². The van der Waals surface area contributed by atoms with Gasteiger partial charge < -0.3 is 10.7 Å². The number of H-pyrrole nitrogens is 1. The molecule has 2 rings (SSSR count). The molecule has 0 aliphatic heterocycles. The third kappa shape index (κ3) is 1.92. The van der Waals surface area contributed by atoms with E-state index in [-0.39, 0.29) is 5.78 Å². The van der Waals surface area contributed by atoms with E-state index in [1.165, 1.54) is 0 Å². The van der Waals surface area contributed by atoms with Gasteiger partial charge >= 0.3 is 0 Å². The van der Waals surface area contributed by atoms with Crippen LogP contribution in [0.4, 0.5) is 5.69 Å². The van der Waals surface area contributed by atoms with Crippen molar-refractivity contribution in [1.82, 2.24) is 4.98 Å². The Kier molecular flexibility index (Phi) is 2.99. The lowest BCUT2D eigenvalue weighted by molar-refractivity contribution is 0.103.